The maximum atomic E-state index is 12.9. The number of hydrogen-bond donors (Lipinski definition) is 1. The highest BCUT2D eigenvalue weighted by atomic mass is 32.2. The van der Waals surface area contributed by atoms with Crippen molar-refractivity contribution in [3.05, 3.63) is 28.7 Å². The lowest BCUT2D eigenvalue weighted by Gasteiger charge is -2.29. The average molecular weight is 410 g/mol. The maximum Gasteiger partial charge on any atom is 0.420 e. The van der Waals surface area contributed by atoms with E-state index in [1.807, 2.05) is 20.8 Å². The molecule has 0 unspecified atom stereocenters. The number of hydrogen-bond acceptors (Lipinski definition) is 5. The summed E-state index contributed by atoms with van der Waals surface area (Å²) in [5.41, 5.74) is 0.119. The van der Waals surface area contributed by atoms with E-state index in [0.29, 0.717) is 24.5 Å². The first-order valence-electron chi connectivity index (χ1n) is 9.42. The molecule has 0 radical (unpaired) electrons. The summed E-state index contributed by atoms with van der Waals surface area (Å²) in [5, 5.41) is 2.79. The molecule has 0 aliphatic carbocycles. The lowest BCUT2D eigenvalue weighted by Crippen LogP contribution is -2.43. The van der Waals surface area contributed by atoms with E-state index in [4.69, 9.17) is 4.42 Å². The molecule has 1 aromatic carbocycles. The summed E-state index contributed by atoms with van der Waals surface area (Å²) in [6.45, 7) is 8.43. The Balaban J connectivity index is 1.89. The van der Waals surface area contributed by atoms with Crippen molar-refractivity contribution in [1.29, 1.82) is 0 Å². The zero-order valence-electron chi connectivity index (χ0n) is 16.7. The summed E-state index contributed by atoms with van der Waals surface area (Å²) in [5.74, 6) is -0.503. The molecule has 1 saturated heterocycles. The van der Waals surface area contributed by atoms with Gasteiger partial charge in [0.15, 0.2) is 5.58 Å². The lowest BCUT2D eigenvalue weighted by atomic mass is 10.0. The van der Waals surface area contributed by atoms with Gasteiger partial charge in [-0.3, -0.25) is 9.36 Å². The van der Waals surface area contributed by atoms with E-state index in [0.717, 1.165) is 12.8 Å². The number of fused-ring (bicyclic) bond motifs is 1. The fourth-order valence-electron chi connectivity index (χ4n) is 3.33. The van der Waals surface area contributed by atoms with Gasteiger partial charge in [-0.1, -0.05) is 6.92 Å². The van der Waals surface area contributed by atoms with E-state index in [2.05, 4.69) is 12.2 Å². The first-order chi connectivity index (χ1) is 13.0. The van der Waals surface area contributed by atoms with Crippen molar-refractivity contribution in [1.82, 2.24) is 14.2 Å². The number of piperidine rings is 1. The summed E-state index contributed by atoms with van der Waals surface area (Å²) < 4.78 is 33.7. The van der Waals surface area contributed by atoms with Gasteiger partial charge in [-0.05, 0) is 51.7 Å². The molecule has 0 bridgehead atoms. The van der Waals surface area contributed by atoms with Crippen LogP contribution in [0.2, 0.25) is 0 Å². The summed E-state index contributed by atoms with van der Waals surface area (Å²) >= 11 is 0. The highest BCUT2D eigenvalue weighted by Crippen LogP contribution is 2.25. The molecule has 0 saturated carbocycles. The number of benzene rings is 1. The third-order valence-electron chi connectivity index (χ3n) is 4.84. The fraction of sp³-hybridized carbons (Fsp3) is 0.579. The van der Waals surface area contributed by atoms with Crippen molar-refractivity contribution in [3.63, 3.8) is 0 Å². The molecule has 2 heterocycles. The maximum absolute atomic E-state index is 12.9. The predicted molar refractivity (Wildman–Crippen MR) is 106 cm³/mol. The molecule has 1 amide bonds. The Morgan fingerprint density at radius 1 is 1.25 bits per heavy atom. The quantitative estimate of drug-likeness (QED) is 0.831. The van der Waals surface area contributed by atoms with Crippen LogP contribution in [0.1, 0.15) is 40.5 Å². The summed E-state index contributed by atoms with van der Waals surface area (Å²) in [4.78, 5) is 24.5. The smallest absolute Gasteiger partial charge is 0.408 e. The van der Waals surface area contributed by atoms with Crippen LogP contribution in [0.25, 0.3) is 11.1 Å². The van der Waals surface area contributed by atoms with Gasteiger partial charge in [0.25, 0.3) is 0 Å². The number of carbonyl (C=O) groups is 1. The second kappa shape index (κ2) is 7.36. The van der Waals surface area contributed by atoms with Crippen molar-refractivity contribution in [2.75, 3.05) is 13.1 Å². The molecule has 28 heavy (non-hydrogen) atoms. The number of sulfonamides is 1. The standard InChI is InChI=1S/C19H27N3O5S/c1-13-7-9-21(10-8-13)28(25,26)14-5-6-15-16(11-14)27-18(24)22(15)12-17(23)20-19(2,3)4/h5-6,11,13H,7-10,12H2,1-4H3,(H,20,23). The zero-order chi connectivity index (χ0) is 20.7. The van der Waals surface area contributed by atoms with Gasteiger partial charge in [-0.25, -0.2) is 13.2 Å². The number of amides is 1. The topological polar surface area (TPSA) is 102 Å². The van der Waals surface area contributed by atoms with Gasteiger partial charge in [-0.2, -0.15) is 4.31 Å². The van der Waals surface area contributed by atoms with Gasteiger partial charge in [-0.15, -0.1) is 0 Å². The third-order valence-corrected chi connectivity index (χ3v) is 6.73. The molecule has 3 rings (SSSR count). The number of carbonyl (C=O) groups excluding carboxylic acids is 1. The summed E-state index contributed by atoms with van der Waals surface area (Å²) in [7, 11) is -3.64. The van der Waals surface area contributed by atoms with Gasteiger partial charge >= 0.3 is 5.76 Å². The Morgan fingerprint density at radius 2 is 1.89 bits per heavy atom. The molecular weight excluding hydrogens is 382 g/mol. The number of nitrogens with zero attached hydrogens (tertiary/aromatic N) is 2. The Labute approximate surface area is 164 Å². The van der Waals surface area contributed by atoms with Crippen molar-refractivity contribution in [2.24, 2.45) is 5.92 Å². The number of aromatic nitrogens is 1. The molecule has 1 aliphatic heterocycles. The number of rotatable bonds is 4. The van der Waals surface area contributed by atoms with E-state index in [1.165, 1.54) is 27.1 Å². The normalized spacial score (nSPS) is 17.1. The lowest BCUT2D eigenvalue weighted by molar-refractivity contribution is -0.123. The first-order valence-corrected chi connectivity index (χ1v) is 10.9. The monoisotopic (exact) mass is 409 g/mol. The SMILES string of the molecule is CC1CCN(S(=O)(=O)c2ccc3c(c2)oc(=O)n3CC(=O)NC(C)(C)C)CC1. The van der Waals surface area contributed by atoms with Crippen molar-refractivity contribution >= 4 is 27.0 Å². The van der Waals surface area contributed by atoms with E-state index in [9.17, 15) is 18.0 Å². The highest BCUT2D eigenvalue weighted by molar-refractivity contribution is 7.89. The molecule has 8 nitrogen and oxygen atoms in total. The molecular formula is C19H27N3O5S. The Bertz CT molecular complexity index is 1040. The zero-order valence-corrected chi connectivity index (χ0v) is 17.5. The molecule has 9 heteroatoms. The molecule has 2 aromatic rings. The second-order valence-corrected chi connectivity index (χ2v) is 10.4. The second-order valence-electron chi connectivity index (χ2n) is 8.47. The van der Waals surface area contributed by atoms with Crippen molar-refractivity contribution < 1.29 is 17.6 Å². The van der Waals surface area contributed by atoms with Gasteiger partial charge in [0.2, 0.25) is 15.9 Å². The predicted octanol–water partition coefficient (Wildman–Crippen LogP) is 1.93. The molecule has 1 aromatic heterocycles. The Kier molecular flexibility index (Phi) is 5.42. The molecule has 1 N–H and O–H groups in total. The third kappa shape index (κ3) is 4.30. The van der Waals surface area contributed by atoms with E-state index in [1.54, 1.807) is 0 Å². The fourth-order valence-corrected chi connectivity index (χ4v) is 4.82. The van der Waals surface area contributed by atoms with Crippen LogP contribution in [0.4, 0.5) is 0 Å². The van der Waals surface area contributed by atoms with Crippen LogP contribution in [0.5, 0.6) is 0 Å². The van der Waals surface area contributed by atoms with E-state index >= 15 is 0 Å². The number of nitrogens with one attached hydrogen (secondary N) is 1. The van der Waals surface area contributed by atoms with Gasteiger partial charge in [0.1, 0.15) is 6.54 Å². The minimum Gasteiger partial charge on any atom is -0.408 e. The minimum absolute atomic E-state index is 0.0922. The van der Waals surface area contributed by atoms with Crippen LogP contribution in [-0.2, 0) is 21.4 Å². The van der Waals surface area contributed by atoms with Gasteiger partial charge in [0, 0.05) is 24.7 Å². The van der Waals surface area contributed by atoms with E-state index in [-0.39, 0.29) is 22.9 Å². The van der Waals surface area contributed by atoms with Crippen molar-refractivity contribution in [3.8, 4) is 0 Å². The largest absolute Gasteiger partial charge is 0.420 e. The first kappa shape index (κ1) is 20.6. The Hall–Kier alpha value is -2.13. The van der Waals surface area contributed by atoms with Crippen LogP contribution in [0.15, 0.2) is 32.3 Å². The van der Waals surface area contributed by atoms with Gasteiger partial charge < -0.3 is 9.73 Å². The van der Waals surface area contributed by atoms with Gasteiger partial charge in [0.05, 0.1) is 10.4 Å². The van der Waals surface area contributed by atoms with Crippen LogP contribution < -0.4 is 11.1 Å². The van der Waals surface area contributed by atoms with Crippen LogP contribution in [-0.4, -0.2) is 41.8 Å². The van der Waals surface area contributed by atoms with Crippen LogP contribution in [0.3, 0.4) is 0 Å². The minimum atomic E-state index is -3.64. The molecule has 154 valence electrons. The summed E-state index contributed by atoms with van der Waals surface area (Å²) in [6.07, 6.45) is 1.66. The Morgan fingerprint density at radius 3 is 2.50 bits per heavy atom. The van der Waals surface area contributed by atoms with Crippen LogP contribution in [0, 0.1) is 5.92 Å². The van der Waals surface area contributed by atoms with Crippen LogP contribution >= 0.6 is 0 Å². The summed E-state index contributed by atoms with van der Waals surface area (Å²) in [6, 6.07) is 4.34. The average Bonchev–Trinajstić information content (AvgIpc) is 2.88. The highest BCUT2D eigenvalue weighted by Gasteiger charge is 2.29. The molecule has 0 atom stereocenters. The molecule has 0 spiro atoms. The molecule has 1 fully saturated rings. The molecule has 1 aliphatic rings. The van der Waals surface area contributed by atoms with E-state index < -0.39 is 21.3 Å². The van der Waals surface area contributed by atoms with Crippen molar-refractivity contribution in [2.45, 2.75) is 57.5 Å². The number of oxazole rings is 1.